The van der Waals surface area contributed by atoms with Crippen LogP contribution in [0.3, 0.4) is 0 Å². The van der Waals surface area contributed by atoms with E-state index in [4.69, 9.17) is 0 Å². The van der Waals surface area contributed by atoms with Gasteiger partial charge in [-0.15, -0.1) is 0 Å². The molecule has 2 aliphatic carbocycles. The zero-order valence-electron chi connectivity index (χ0n) is 15.6. The summed E-state index contributed by atoms with van der Waals surface area (Å²) in [5.74, 6) is -0.333. The van der Waals surface area contributed by atoms with Crippen molar-refractivity contribution in [3.05, 3.63) is 78.1 Å². The Hall–Kier alpha value is -3.14. The number of hydrogen-bond acceptors (Lipinski definition) is 3. The van der Waals surface area contributed by atoms with Gasteiger partial charge in [-0.2, -0.15) is 0 Å². The van der Waals surface area contributed by atoms with Crippen LogP contribution in [-0.4, -0.2) is 22.1 Å². The van der Waals surface area contributed by atoms with E-state index in [0.29, 0.717) is 17.5 Å². The van der Waals surface area contributed by atoms with Crippen molar-refractivity contribution in [3.63, 3.8) is 0 Å². The van der Waals surface area contributed by atoms with Crippen LogP contribution >= 0.6 is 0 Å². The minimum atomic E-state index is -0.865. The van der Waals surface area contributed by atoms with Gasteiger partial charge in [0, 0.05) is 17.8 Å². The molecular weight excluding hydrogens is 348 g/mol. The third-order valence-electron chi connectivity index (χ3n) is 5.58. The van der Waals surface area contributed by atoms with E-state index in [1.807, 2.05) is 42.7 Å². The Kier molecular flexibility index (Phi) is 4.12. The molecule has 0 saturated heterocycles. The molecule has 0 aliphatic heterocycles. The van der Waals surface area contributed by atoms with Crippen molar-refractivity contribution >= 4 is 17.3 Å². The molecule has 1 N–H and O–H groups in total. The molecule has 1 heterocycles. The van der Waals surface area contributed by atoms with Gasteiger partial charge in [0.1, 0.15) is 0 Å². The molecule has 0 bridgehead atoms. The summed E-state index contributed by atoms with van der Waals surface area (Å²) in [5.41, 5.74) is 5.40. The number of rotatable bonds is 6. The van der Waals surface area contributed by atoms with Crippen LogP contribution in [0.2, 0.25) is 0 Å². The number of carboxylic acids is 1. The minimum absolute atomic E-state index is 0.331. The number of hydrogen-bond donors (Lipinski definition) is 1. The molecule has 2 aliphatic rings. The standard InChI is InChI=1S/C24H22N2O2/c27-24(28)22-13-18(17-6-7-17)8-11-23(22)26(20-9-10-20)21-12-19(14-25-15-21)16-4-2-1-3-5-16/h1-5,8,11-15,17,20H,6-7,9-10H2,(H,27,28). The van der Waals surface area contributed by atoms with Gasteiger partial charge < -0.3 is 10.0 Å². The second kappa shape index (κ2) is 6.79. The number of benzene rings is 2. The molecule has 0 spiro atoms. The monoisotopic (exact) mass is 370 g/mol. The number of aromatic carboxylic acids is 1. The van der Waals surface area contributed by atoms with Crippen LogP contribution in [0.25, 0.3) is 11.1 Å². The maximum Gasteiger partial charge on any atom is 0.337 e. The zero-order chi connectivity index (χ0) is 19.1. The number of aromatic nitrogens is 1. The molecule has 0 atom stereocenters. The lowest BCUT2D eigenvalue weighted by Gasteiger charge is -2.27. The normalized spacial score (nSPS) is 16.0. The number of anilines is 2. The second-order valence-corrected chi connectivity index (χ2v) is 7.76. The Morgan fingerprint density at radius 1 is 0.929 bits per heavy atom. The lowest BCUT2D eigenvalue weighted by atomic mass is 10.0. The van der Waals surface area contributed by atoms with Crippen molar-refractivity contribution in [2.75, 3.05) is 4.90 Å². The van der Waals surface area contributed by atoms with Gasteiger partial charge in [-0.05, 0) is 60.9 Å². The van der Waals surface area contributed by atoms with Crippen molar-refractivity contribution < 1.29 is 9.90 Å². The van der Waals surface area contributed by atoms with Gasteiger partial charge in [0.2, 0.25) is 0 Å². The highest BCUT2D eigenvalue weighted by Crippen LogP contribution is 2.44. The molecule has 2 aromatic carbocycles. The van der Waals surface area contributed by atoms with Gasteiger partial charge in [-0.25, -0.2) is 4.79 Å². The molecule has 0 amide bonds. The summed E-state index contributed by atoms with van der Waals surface area (Å²) in [4.78, 5) is 18.7. The number of carboxylic acid groups (broad SMARTS) is 1. The maximum atomic E-state index is 12.0. The summed E-state index contributed by atoms with van der Waals surface area (Å²) in [7, 11) is 0. The molecule has 3 aromatic rings. The van der Waals surface area contributed by atoms with Crippen LogP contribution in [0.15, 0.2) is 67.0 Å². The lowest BCUT2D eigenvalue weighted by Crippen LogP contribution is -2.22. The van der Waals surface area contributed by atoms with Crippen molar-refractivity contribution in [3.8, 4) is 11.1 Å². The highest BCUT2D eigenvalue weighted by molar-refractivity contribution is 5.96. The predicted octanol–water partition coefficient (Wildman–Crippen LogP) is 5.62. The molecular formula is C24H22N2O2. The summed E-state index contributed by atoms with van der Waals surface area (Å²) >= 11 is 0. The number of nitrogens with zero attached hydrogens (tertiary/aromatic N) is 2. The zero-order valence-corrected chi connectivity index (χ0v) is 15.6. The second-order valence-electron chi connectivity index (χ2n) is 7.76. The highest BCUT2D eigenvalue weighted by Gasteiger charge is 2.34. The molecule has 28 heavy (non-hydrogen) atoms. The molecule has 0 radical (unpaired) electrons. The Labute approximate surface area is 164 Å². The highest BCUT2D eigenvalue weighted by atomic mass is 16.4. The minimum Gasteiger partial charge on any atom is -0.478 e. The third-order valence-corrected chi connectivity index (χ3v) is 5.58. The molecule has 0 unspecified atom stereocenters. The number of pyridine rings is 1. The Morgan fingerprint density at radius 3 is 2.39 bits per heavy atom. The molecule has 5 rings (SSSR count). The van der Waals surface area contributed by atoms with E-state index in [1.54, 1.807) is 0 Å². The van der Waals surface area contributed by atoms with Crippen LogP contribution in [0.1, 0.15) is 47.5 Å². The van der Waals surface area contributed by atoms with E-state index >= 15 is 0 Å². The maximum absolute atomic E-state index is 12.0. The first kappa shape index (κ1) is 17.0. The fraction of sp³-hybridized carbons (Fsp3) is 0.250. The molecule has 1 aromatic heterocycles. The fourth-order valence-electron chi connectivity index (χ4n) is 3.83. The van der Waals surface area contributed by atoms with E-state index in [1.165, 1.54) is 0 Å². The summed E-state index contributed by atoms with van der Waals surface area (Å²) in [6.45, 7) is 0. The van der Waals surface area contributed by atoms with E-state index < -0.39 is 5.97 Å². The van der Waals surface area contributed by atoms with Crippen LogP contribution in [-0.2, 0) is 0 Å². The summed E-state index contributed by atoms with van der Waals surface area (Å²) < 4.78 is 0. The average Bonchev–Trinajstić information content (AvgIpc) is 3.63. The molecule has 140 valence electrons. The van der Waals surface area contributed by atoms with Crippen LogP contribution in [0.4, 0.5) is 11.4 Å². The predicted molar refractivity (Wildman–Crippen MR) is 110 cm³/mol. The SMILES string of the molecule is O=C(O)c1cc(C2CC2)ccc1N(c1cncc(-c2ccccc2)c1)C1CC1. The van der Waals surface area contributed by atoms with Crippen LogP contribution in [0, 0.1) is 0 Å². The quantitative estimate of drug-likeness (QED) is 0.611. The van der Waals surface area contributed by atoms with Crippen molar-refractivity contribution in [1.29, 1.82) is 0 Å². The van der Waals surface area contributed by atoms with E-state index in [9.17, 15) is 9.90 Å². The van der Waals surface area contributed by atoms with Gasteiger partial charge in [-0.1, -0.05) is 36.4 Å². The average molecular weight is 370 g/mol. The molecule has 4 heteroatoms. The first-order valence-electron chi connectivity index (χ1n) is 9.87. The van der Waals surface area contributed by atoms with Crippen LogP contribution < -0.4 is 4.90 Å². The molecule has 2 saturated carbocycles. The smallest absolute Gasteiger partial charge is 0.337 e. The van der Waals surface area contributed by atoms with E-state index in [2.05, 4.69) is 34.1 Å². The number of carbonyl (C=O) groups is 1. The van der Waals surface area contributed by atoms with Crippen molar-refractivity contribution in [1.82, 2.24) is 4.98 Å². The summed E-state index contributed by atoms with van der Waals surface area (Å²) in [6.07, 6.45) is 8.16. The topological polar surface area (TPSA) is 53.4 Å². The summed E-state index contributed by atoms with van der Waals surface area (Å²) in [6, 6.07) is 18.6. The first-order valence-corrected chi connectivity index (χ1v) is 9.87. The van der Waals surface area contributed by atoms with E-state index in [-0.39, 0.29) is 0 Å². The Morgan fingerprint density at radius 2 is 1.71 bits per heavy atom. The third kappa shape index (κ3) is 3.26. The summed E-state index contributed by atoms with van der Waals surface area (Å²) in [5, 5.41) is 9.88. The van der Waals surface area contributed by atoms with Gasteiger partial charge >= 0.3 is 5.97 Å². The Bertz CT molecular complexity index is 1020. The fourth-order valence-corrected chi connectivity index (χ4v) is 3.83. The van der Waals surface area contributed by atoms with E-state index in [0.717, 1.165) is 53.7 Å². The lowest BCUT2D eigenvalue weighted by molar-refractivity contribution is 0.0697. The van der Waals surface area contributed by atoms with Crippen molar-refractivity contribution in [2.45, 2.75) is 37.6 Å². The van der Waals surface area contributed by atoms with Crippen molar-refractivity contribution in [2.24, 2.45) is 0 Å². The van der Waals surface area contributed by atoms with Gasteiger partial charge in [0.15, 0.2) is 0 Å². The largest absolute Gasteiger partial charge is 0.478 e. The molecule has 4 nitrogen and oxygen atoms in total. The van der Waals surface area contributed by atoms with Gasteiger partial charge in [0.25, 0.3) is 0 Å². The molecule has 2 fully saturated rings. The Balaban J connectivity index is 1.59. The van der Waals surface area contributed by atoms with Gasteiger partial charge in [0.05, 0.1) is 23.1 Å². The van der Waals surface area contributed by atoms with Gasteiger partial charge in [-0.3, -0.25) is 4.98 Å². The first-order chi connectivity index (χ1) is 13.7. The van der Waals surface area contributed by atoms with Crippen LogP contribution in [0.5, 0.6) is 0 Å².